The van der Waals surface area contributed by atoms with Gasteiger partial charge in [0.05, 0.1) is 0 Å². The van der Waals surface area contributed by atoms with E-state index < -0.39 is 6.10 Å². The van der Waals surface area contributed by atoms with Crippen LogP contribution in [0.4, 0.5) is 0 Å². The number of hydrogen-bond acceptors (Lipinski definition) is 6. The molecular formula is C77H142O6. The number of esters is 3. The zero-order chi connectivity index (χ0) is 59.9. The Morgan fingerprint density at radius 1 is 0.253 bits per heavy atom. The second kappa shape index (κ2) is 71.8. The first-order valence-corrected chi connectivity index (χ1v) is 37.1. The molecule has 0 aromatic rings. The van der Waals surface area contributed by atoms with Crippen LogP contribution in [0.2, 0.25) is 0 Å². The fourth-order valence-electron chi connectivity index (χ4n) is 11.3. The van der Waals surface area contributed by atoms with E-state index in [4.69, 9.17) is 14.2 Å². The maximum atomic E-state index is 12.9. The summed E-state index contributed by atoms with van der Waals surface area (Å²) in [6, 6.07) is 0. The third-order valence-electron chi connectivity index (χ3n) is 16.9. The number of ether oxygens (including phenoxy) is 3. The molecule has 0 rings (SSSR count). The van der Waals surface area contributed by atoms with Gasteiger partial charge in [-0.15, -0.1) is 0 Å². The van der Waals surface area contributed by atoms with Gasteiger partial charge in [0.1, 0.15) is 13.2 Å². The Kier molecular flexibility index (Phi) is 69.6. The molecule has 0 aliphatic heterocycles. The van der Waals surface area contributed by atoms with Gasteiger partial charge in [0, 0.05) is 19.3 Å². The Hall–Kier alpha value is -2.63. The van der Waals surface area contributed by atoms with Gasteiger partial charge in [-0.05, 0) is 44.9 Å². The average molecular weight is 1160 g/mol. The monoisotopic (exact) mass is 1160 g/mol. The molecule has 0 bridgehead atoms. The summed E-state index contributed by atoms with van der Waals surface area (Å²) in [5, 5.41) is 0. The van der Waals surface area contributed by atoms with Gasteiger partial charge in [0.2, 0.25) is 0 Å². The quantitative estimate of drug-likeness (QED) is 0.0261. The molecule has 1 atom stereocenters. The van der Waals surface area contributed by atoms with Crippen LogP contribution in [0, 0.1) is 0 Å². The van der Waals surface area contributed by atoms with Crippen molar-refractivity contribution in [3.63, 3.8) is 0 Å². The Balaban J connectivity index is 4.17. The first-order valence-electron chi connectivity index (χ1n) is 37.1. The summed E-state index contributed by atoms with van der Waals surface area (Å²) in [4.78, 5) is 38.4. The fourth-order valence-corrected chi connectivity index (χ4v) is 11.3. The highest BCUT2D eigenvalue weighted by molar-refractivity contribution is 5.71. The van der Waals surface area contributed by atoms with Crippen molar-refractivity contribution in [3.05, 3.63) is 48.6 Å². The topological polar surface area (TPSA) is 78.9 Å². The van der Waals surface area contributed by atoms with Crippen molar-refractivity contribution < 1.29 is 28.6 Å². The van der Waals surface area contributed by atoms with E-state index in [-0.39, 0.29) is 37.5 Å². The molecule has 0 N–H and O–H groups in total. The zero-order valence-corrected chi connectivity index (χ0v) is 56.0. The van der Waals surface area contributed by atoms with Crippen LogP contribution in [-0.4, -0.2) is 37.2 Å². The lowest BCUT2D eigenvalue weighted by atomic mass is 10.0. The van der Waals surface area contributed by atoms with Gasteiger partial charge in [0.25, 0.3) is 0 Å². The van der Waals surface area contributed by atoms with E-state index in [1.54, 1.807) is 0 Å². The molecule has 0 saturated heterocycles. The van der Waals surface area contributed by atoms with Crippen molar-refractivity contribution in [2.45, 2.75) is 412 Å². The Labute approximate surface area is 518 Å². The summed E-state index contributed by atoms with van der Waals surface area (Å²) >= 11 is 0. The highest BCUT2D eigenvalue weighted by Gasteiger charge is 2.19. The van der Waals surface area contributed by atoms with Gasteiger partial charge in [-0.25, -0.2) is 0 Å². The molecule has 0 radical (unpaired) electrons. The number of allylic oxidation sites excluding steroid dienone is 8. The predicted octanol–water partition coefficient (Wildman–Crippen LogP) is 25.7. The van der Waals surface area contributed by atoms with E-state index in [1.165, 1.54) is 295 Å². The lowest BCUT2D eigenvalue weighted by molar-refractivity contribution is -0.166. The third kappa shape index (κ3) is 70.0. The molecular weight excluding hydrogens is 1020 g/mol. The molecule has 0 aliphatic carbocycles. The molecule has 83 heavy (non-hydrogen) atoms. The second-order valence-electron chi connectivity index (χ2n) is 25.2. The van der Waals surface area contributed by atoms with Gasteiger partial charge in [0.15, 0.2) is 6.10 Å². The molecule has 0 fully saturated rings. The SMILES string of the molecule is CC/C=C\C/C=C\C/C=C\C/C=C\CCC(=O)OCC(COC(=O)CCCCCCCCCCCCCCCCCCCCCCCCCCCCCCCCC)OC(=O)CCCCCCCCCCCCCCCCCCCCCCC. The Morgan fingerprint density at radius 2 is 0.470 bits per heavy atom. The summed E-state index contributed by atoms with van der Waals surface area (Å²) in [6.07, 6.45) is 91.9. The largest absolute Gasteiger partial charge is 0.462 e. The molecule has 0 spiro atoms. The van der Waals surface area contributed by atoms with Crippen LogP contribution in [0.3, 0.4) is 0 Å². The van der Waals surface area contributed by atoms with Crippen LogP contribution in [0.5, 0.6) is 0 Å². The maximum absolute atomic E-state index is 12.9. The van der Waals surface area contributed by atoms with Crippen molar-refractivity contribution in [2.75, 3.05) is 13.2 Å². The van der Waals surface area contributed by atoms with E-state index in [0.29, 0.717) is 19.3 Å². The molecule has 486 valence electrons. The summed E-state index contributed by atoms with van der Waals surface area (Å²) in [5.74, 6) is -0.946. The second-order valence-corrected chi connectivity index (χ2v) is 25.2. The van der Waals surface area contributed by atoms with E-state index in [2.05, 4.69) is 63.3 Å². The molecule has 0 aromatic heterocycles. The number of hydrogen-bond donors (Lipinski definition) is 0. The van der Waals surface area contributed by atoms with Crippen molar-refractivity contribution in [2.24, 2.45) is 0 Å². The van der Waals surface area contributed by atoms with Crippen molar-refractivity contribution in [3.8, 4) is 0 Å². The van der Waals surface area contributed by atoms with E-state index in [1.807, 2.05) is 6.08 Å². The minimum absolute atomic E-state index is 0.0896. The highest BCUT2D eigenvalue weighted by atomic mass is 16.6. The van der Waals surface area contributed by atoms with Crippen LogP contribution in [-0.2, 0) is 28.6 Å². The van der Waals surface area contributed by atoms with Crippen LogP contribution in [0.25, 0.3) is 0 Å². The maximum Gasteiger partial charge on any atom is 0.306 e. The summed E-state index contributed by atoms with van der Waals surface area (Å²) in [7, 11) is 0. The van der Waals surface area contributed by atoms with Crippen LogP contribution < -0.4 is 0 Å². The molecule has 0 amide bonds. The van der Waals surface area contributed by atoms with Crippen LogP contribution in [0.1, 0.15) is 406 Å². The van der Waals surface area contributed by atoms with Crippen molar-refractivity contribution in [1.29, 1.82) is 0 Å². The molecule has 1 unspecified atom stereocenters. The van der Waals surface area contributed by atoms with E-state index >= 15 is 0 Å². The standard InChI is InChI=1S/C77H142O6/c1-4-7-10-13-16-19-22-25-27-29-31-33-34-35-36-37-38-39-40-41-42-44-45-47-49-52-55-58-61-64-67-70-76(79)82-73-74(72-81-75(78)69-66-63-60-57-54-51-24-21-18-15-12-9-6-3)83-77(80)71-68-65-62-59-56-53-50-48-46-43-32-30-28-26-23-20-17-14-11-8-5-2/h9,12,18,21,51,54,60,63,74H,4-8,10-11,13-17,19-20,22-50,52-53,55-59,61-62,64-73H2,1-3H3/b12-9-,21-18-,54-51-,63-60-. The summed E-state index contributed by atoms with van der Waals surface area (Å²) in [6.45, 7) is 6.54. The summed E-state index contributed by atoms with van der Waals surface area (Å²) in [5.41, 5.74) is 0. The van der Waals surface area contributed by atoms with E-state index in [0.717, 1.165) is 64.2 Å². The number of rotatable bonds is 69. The number of unbranched alkanes of at least 4 members (excludes halogenated alkanes) is 50. The van der Waals surface area contributed by atoms with Gasteiger partial charge in [-0.2, -0.15) is 0 Å². The van der Waals surface area contributed by atoms with Crippen LogP contribution in [0.15, 0.2) is 48.6 Å². The highest BCUT2D eigenvalue weighted by Crippen LogP contribution is 2.19. The van der Waals surface area contributed by atoms with E-state index in [9.17, 15) is 14.4 Å². The van der Waals surface area contributed by atoms with Gasteiger partial charge >= 0.3 is 17.9 Å². The predicted molar refractivity (Wildman–Crippen MR) is 362 cm³/mol. The first kappa shape index (κ1) is 80.4. The molecule has 0 aromatic carbocycles. The normalized spacial score (nSPS) is 12.3. The van der Waals surface area contributed by atoms with Crippen molar-refractivity contribution >= 4 is 17.9 Å². The third-order valence-corrected chi connectivity index (χ3v) is 16.9. The lowest BCUT2D eigenvalue weighted by Crippen LogP contribution is -2.30. The number of carbonyl (C=O) groups excluding carboxylic acids is 3. The number of carbonyl (C=O) groups is 3. The van der Waals surface area contributed by atoms with Crippen LogP contribution >= 0.6 is 0 Å². The van der Waals surface area contributed by atoms with Gasteiger partial charge in [-0.3, -0.25) is 14.4 Å². The molecule has 6 nitrogen and oxygen atoms in total. The lowest BCUT2D eigenvalue weighted by Gasteiger charge is -2.18. The molecule has 0 heterocycles. The smallest absolute Gasteiger partial charge is 0.306 e. The minimum atomic E-state index is -0.800. The Morgan fingerprint density at radius 3 is 0.735 bits per heavy atom. The molecule has 0 saturated carbocycles. The molecule has 0 aliphatic rings. The zero-order valence-electron chi connectivity index (χ0n) is 56.0. The van der Waals surface area contributed by atoms with Gasteiger partial charge in [-0.1, -0.05) is 390 Å². The minimum Gasteiger partial charge on any atom is -0.462 e. The first-order chi connectivity index (χ1) is 41.0. The fraction of sp³-hybridized carbons (Fsp3) is 0.857. The van der Waals surface area contributed by atoms with Crippen molar-refractivity contribution in [1.82, 2.24) is 0 Å². The van der Waals surface area contributed by atoms with Gasteiger partial charge < -0.3 is 14.2 Å². The molecule has 6 heteroatoms. The summed E-state index contributed by atoms with van der Waals surface area (Å²) < 4.78 is 16.9. The Bertz CT molecular complexity index is 1430. The average Bonchev–Trinajstić information content (AvgIpc) is 3.49.